The van der Waals surface area contributed by atoms with Gasteiger partial charge in [0.25, 0.3) is 0 Å². The smallest absolute Gasteiger partial charge is 0.343 e. The van der Waals surface area contributed by atoms with Crippen molar-refractivity contribution in [1.82, 2.24) is 0 Å². The molecule has 0 spiro atoms. The fourth-order valence-electron chi connectivity index (χ4n) is 3.51. The van der Waals surface area contributed by atoms with Gasteiger partial charge in [0.2, 0.25) is 0 Å². The first-order valence-electron chi connectivity index (χ1n) is 12.0. The summed E-state index contributed by atoms with van der Waals surface area (Å²) in [6.07, 6.45) is 25.7. The van der Waals surface area contributed by atoms with Gasteiger partial charge in [0.05, 0.1) is 0 Å². The molecule has 174 valence electrons. The van der Waals surface area contributed by atoms with E-state index in [2.05, 4.69) is 84.6 Å². The van der Waals surface area contributed by atoms with Gasteiger partial charge in [0.15, 0.2) is 0 Å². The molecule has 1 rings (SSSR count). The Labute approximate surface area is 238 Å². The quantitative estimate of drug-likeness (QED) is 0.0557. The summed E-state index contributed by atoms with van der Waals surface area (Å²) in [5.41, 5.74) is 6.06. The summed E-state index contributed by atoms with van der Waals surface area (Å²) < 4.78 is 0. The van der Waals surface area contributed by atoms with Gasteiger partial charge in [-0.25, -0.2) is 0 Å². The molecule has 0 N–H and O–H groups in total. The largest absolute Gasteiger partial charge is 2.00 e. The standard InChI is InChI=1S/C20H29.C10H18.Li.U/c1-4-12-18(3)14-10-8-6-7-9-11-15-19(13-5-2)20-16-17-20;1-5-9(6-2)10(7-3)8-4;;/h4,8,11,14-16,19H,1,5-7,9-10,12-13H2,2-3H3;9-10H,1-8H2;;/q-1;-4;+1;+2/b15-11-,18-14-;;;. The Morgan fingerprint density at radius 1 is 1.12 bits per heavy atom. The number of hydrogen-bond donors (Lipinski definition) is 0. The van der Waals surface area contributed by atoms with Gasteiger partial charge in [0.1, 0.15) is 0 Å². The monoisotopic (exact) mass is 652 g/mol. The molecular formula is C30H47LiU-2. The number of hydrogen-bond acceptors (Lipinski definition) is 0. The van der Waals surface area contributed by atoms with E-state index in [-0.39, 0.29) is 50.0 Å². The van der Waals surface area contributed by atoms with Gasteiger partial charge in [-0.1, -0.05) is 55.4 Å². The summed E-state index contributed by atoms with van der Waals surface area (Å²) in [6.45, 7) is 23.7. The Morgan fingerprint density at radius 2 is 1.69 bits per heavy atom. The molecule has 0 aliphatic heterocycles. The maximum Gasteiger partial charge on any atom is 2.00 e. The molecule has 0 amide bonds. The maximum atomic E-state index is 3.88. The van der Waals surface area contributed by atoms with Crippen molar-refractivity contribution in [3.8, 4) is 0 Å². The third kappa shape index (κ3) is 19.8. The van der Waals surface area contributed by atoms with E-state index in [9.17, 15) is 0 Å². The fraction of sp³-hybridized carbons (Fsp3) is 0.533. The molecule has 0 nitrogen and oxygen atoms in total. The van der Waals surface area contributed by atoms with Crippen molar-refractivity contribution in [1.29, 1.82) is 0 Å². The van der Waals surface area contributed by atoms with Crippen molar-refractivity contribution in [3.05, 3.63) is 88.0 Å². The molecule has 0 saturated carbocycles. The topological polar surface area (TPSA) is 0 Å². The second-order valence-electron chi connectivity index (χ2n) is 8.24. The van der Waals surface area contributed by atoms with Gasteiger partial charge in [-0.3, -0.25) is 0 Å². The first-order chi connectivity index (χ1) is 14.6. The molecule has 2 heteroatoms. The molecule has 0 radical (unpaired) electrons. The SMILES string of the molecule is C=CC/C(C)=C\C[CH-]CCC/C=C\C(CCC)C1=C=C1.[CH2-]CC(C[CH2-])C(C[CH2-])C[CH2-].[Li+].[U+2]. The minimum Gasteiger partial charge on any atom is -0.343 e. The number of rotatable bonds is 17. The van der Waals surface area contributed by atoms with Crippen molar-refractivity contribution in [2.45, 2.75) is 84.5 Å². The molecule has 0 aromatic carbocycles. The van der Waals surface area contributed by atoms with Gasteiger partial charge >= 0.3 is 50.0 Å². The molecule has 0 heterocycles. The van der Waals surface area contributed by atoms with Gasteiger partial charge in [-0.05, 0) is 32.3 Å². The molecule has 1 atom stereocenters. The van der Waals surface area contributed by atoms with Crippen molar-refractivity contribution in [2.75, 3.05) is 0 Å². The van der Waals surface area contributed by atoms with Crippen LogP contribution in [0.25, 0.3) is 0 Å². The van der Waals surface area contributed by atoms with Gasteiger partial charge < -0.3 is 34.1 Å². The first-order valence-corrected chi connectivity index (χ1v) is 12.0. The third-order valence-corrected chi connectivity index (χ3v) is 5.71. The molecular weight excluding hydrogens is 605 g/mol. The zero-order chi connectivity index (χ0) is 22.6. The van der Waals surface area contributed by atoms with E-state index >= 15 is 0 Å². The van der Waals surface area contributed by atoms with E-state index in [0.717, 1.165) is 38.5 Å². The average molecular weight is 653 g/mol. The van der Waals surface area contributed by atoms with Gasteiger partial charge in [-0.2, -0.15) is 38.5 Å². The zero-order valence-electron chi connectivity index (χ0n) is 21.5. The van der Waals surface area contributed by atoms with Crippen LogP contribution < -0.4 is 18.9 Å². The third-order valence-electron chi connectivity index (χ3n) is 5.71. The predicted octanol–water partition coefficient (Wildman–Crippen LogP) is 6.46. The van der Waals surface area contributed by atoms with E-state index in [4.69, 9.17) is 0 Å². The molecule has 1 aliphatic carbocycles. The van der Waals surface area contributed by atoms with E-state index < -0.39 is 0 Å². The van der Waals surface area contributed by atoms with Crippen LogP contribution >= 0.6 is 0 Å². The Bertz CT molecular complexity index is 533. The first kappa shape index (κ1) is 36.9. The zero-order valence-corrected chi connectivity index (χ0v) is 25.7. The van der Waals surface area contributed by atoms with Crippen molar-refractivity contribution >= 4 is 0 Å². The maximum absolute atomic E-state index is 3.88. The second-order valence-corrected chi connectivity index (χ2v) is 8.24. The van der Waals surface area contributed by atoms with Crippen LogP contribution in [0.3, 0.4) is 0 Å². The normalized spacial score (nSPS) is 13.2. The Kier molecular flexibility index (Phi) is 30.0. The molecule has 0 bridgehead atoms. The van der Waals surface area contributed by atoms with Crippen LogP contribution in [0.15, 0.2) is 53.8 Å². The molecule has 0 aromatic heterocycles. The Morgan fingerprint density at radius 3 is 2.12 bits per heavy atom. The molecule has 1 aliphatic rings. The summed E-state index contributed by atoms with van der Waals surface area (Å²) in [4.78, 5) is 0. The van der Waals surface area contributed by atoms with Crippen LogP contribution in [-0.2, 0) is 0 Å². The van der Waals surface area contributed by atoms with Crippen molar-refractivity contribution in [2.24, 2.45) is 17.8 Å². The minimum absolute atomic E-state index is 0. The Hall–Kier alpha value is 0.389. The van der Waals surface area contributed by atoms with E-state index in [1.54, 1.807) is 0 Å². The molecule has 0 saturated heterocycles. The molecule has 0 aromatic rings. The van der Waals surface area contributed by atoms with Gasteiger partial charge in [0, 0.05) is 11.5 Å². The van der Waals surface area contributed by atoms with E-state index in [0.29, 0.717) is 17.8 Å². The summed E-state index contributed by atoms with van der Waals surface area (Å²) in [7, 11) is 0. The summed E-state index contributed by atoms with van der Waals surface area (Å²) >= 11 is 0. The van der Waals surface area contributed by atoms with E-state index in [1.807, 2.05) is 6.08 Å². The second kappa shape index (κ2) is 26.0. The summed E-state index contributed by atoms with van der Waals surface area (Å²) in [6, 6.07) is 0. The molecule has 0 fully saturated rings. The van der Waals surface area contributed by atoms with Crippen LogP contribution in [0.4, 0.5) is 0 Å². The van der Waals surface area contributed by atoms with Crippen LogP contribution in [-0.4, -0.2) is 0 Å². The Balaban J connectivity index is -0.000000602. The van der Waals surface area contributed by atoms with Crippen molar-refractivity contribution in [3.63, 3.8) is 0 Å². The van der Waals surface area contributed by atoms with Crippen LogP contribution in [0.2, 0.25) is 0 Å². The predicted molar refractivity (Wildman–Crippen MR) is 137 cm³/mol. The fourth-order valence-corrected chi connectivity index (χ4v) is 3.51. The molecule has 1 unspecified atom stereocenters. The van der Waals surface area contributed by atoms with Crippen LogP contribution in [0, 0.1) is 83.0 Å². The van der Waals surface area contributed by atoms with Crippen LogP contribution in [0.1, 0.15) is 84.5 Å². The van der Waals surface area contributed by atoms with E-state index in [1.165, 1.54) is 43.3 Å². The molecule has 32 heavy (non-hydrogen) atoms. The summed E-state index contributed by atoms with van der Waals surface area (Å²) in [5.74, 6) is 1.90. The number of allylic oxidation sites excluding steroid dienone is 6. The van der Waals surface area contributed by atoms with Crippen LogP contribution in [0.5, 0.6) is 0 Å². The van der Waals surface area contributed by atoms with Crippen molar-refractivity contribution < 1.29 is 50.0 Å². The van der Waals surface area contributed by atoms with Gasteiger partial charge in [-0.15, -0.1) is 18.4 Å². The average Bonchev–Trinajstić information content (AvgIpc) is 3.59. The minimum atomic E-state index is 0. The number of unbranched alkanes of at least 4 members (excludes halogenated alkanes) is 4. The summed E-state index contributed by atoms with van der Waals surface area (Å²) in [5, 5.41) is 0.